The highest BCUT2D eigenvalue weighted by Gasteiger charge is 2.19. The zero-order valence-corrected chi connectivity index (χ0v) is 19.7. The molecule has 4 rings (SSSR count). The zero-order chi connectivity index (χ0) is 24.2. The Labute approximate surface area is 198 Å². The molecule has 0 aliphatic heterocycles. The lowest BCUT2D eigenvalue weighted by Gasteiger charge is -2.13. The molecule has 1 N–H and O–H groups in total. The van der Waals surface area contributed by atoms with Crippen molar-refractivity contribution < 1.29 is 18.7 Å². The van der Waals surface area contributed by atoms with Gasteiger partial charge in [-0.3, -0.25) is 9.59 Å². The number of hydrogen-bond acceptors (Lipinski definition) is 5. The predicted octanol–water partition coefficient (Wildman–Crippen LogP) is 5.80. The highest BCUT2D eigenvalue weighted by atomic mass is 16.5. The number of ether oxygens (including phenoxy) is 2. The van der Waals surface area contributed by atoms with Gasteiger partial charge in [-0.1, -0.05) is 29.8 Å². The van der Waals surface area contributed by atoms with Crippen molar-refractivity contribution in [3.63, 3.8) is 0 Å². The lowest BCUT2D eigenvalue weighted by molar-refractivity contribution is -0.118. The van der Waals surface area contributed by atoms with Gasteiger partial charge in [0, 0.05) is 11.3 Å². The summed E-state index contributed by atoms with van der Waals surface area (Å²) in [5.74, 6) is 0.647. The summed E-state index contributed by atoms with van der Waals surface area (Å²) >= 11 is 0. The lowest BCUT2D eigenvalue weighted by Crippen LogP contribution is -2.22. The van der Waals surface area contributed by atoms with E-state index in [2.05, 4.69) is 5.32 Å². The Morgan fingerprint density at radius 2 is 1.59 bits per heavy atom. The van der Waals surface area contributed by atoms with Gasteiger partial charge in [-0.25, -0.2) is 0 Å². The molecule has 0 saturated heterocycles. The van der Waals surface area contributed by atoms with Gasteiger partial charge < -0.3 is 19.2 Å². The molecule has 1 amide bonds. The molecule has 3 aromatic carbocycles. The van der Waals surface area contributed by atoms with Crippen LogP contribution in [0, 0.1) is 20.8 Å². The molecular weight excluding hydrogens is 430 g/mol. The normalized spacial score (nSPS) is 10.8. The number of aryl methyl sites for hydroxylation is 3. The van der Waals surface area contributed by atoms with Crippen molar-refractivity contribution in [3.05, 3.63) is 87.6 Å². The van der Waals surface area contributed by atoms with E-state index < -0.39 is 5.91 Å². The number of hydrogen-bond donors (Lipinski definition) is 1. The molecule has 6 heteroatoms. The van der Waals surface area contributed by atoms with E-state index in [1.165, 1.54) is 0 Å². The second kappa shape index (κ2) is 9.83. The van der Waals surface area contributed by atoms with Crippen LogP contribution in [0.3, 0.4) is 0 Å². The fourth-order valence-corrected chi connectivity index (χ4v) is 3.60. The summed E-state index contributed by atoms with van der Waals surface area (Å²) in [6.45, 7) is 8.02. The number of carbonyl (C=O) groups excluding carboxylic acids is 1. The molecule has 0 aliphatic rings. The SMILES string of the molecule is CCOc1ccc(NC(=O)COc2c(-c3ccc(C)cc3)oc3cc(C)c(C)cc3c2=O)cc1. The van der Waals surface area contributed by atoms with Crippen LogP contribution in [0.15, 0.2) is 69.9 Å². The Hall–Kier alpha value is -4.06. The van der Waals surface area contributed by atoms with Crippen LogP contribution in [-0.4, -0.2) is 19.1 Å². The average Bonchev–Trinajstić information content (AvgIpc) is 2.82. The third kappa shape index (κ3) is 4.96. The first-order valence-electron chi connectivity index (χ1n) is 11.2. The highest BCUT2D eigenvalue weighted by molar-refractivity contribution is 5.92. The van der Waals surface area contributed by atoms with E-state index in [0.717, 1.165) is 22.4 Å². The van der Waals surface area contributed by atoms with E-state index in [-0.39, 0.29) is 17.8 Å². The Balaban J connectivity index is 1.64. The molecule has 174 valence electrons. The summed E-state index contributed by atoms with van der Waals surface area (Å²) in [5, 5.41) is 3.19. The molecule has 0 aliphatic carbocycles. The first-order valence-corrected chi connectivity index (χ1v) is 11.2. The van der Waals surface area contributed by atoms with Gasteiger partial charge in [0.15, 0.2) is 12.4 Å². The quantitative estimate of drug-likeness (QED) is 0.379. The van der Waals surface area contributed by atoms with Crippen LogP contribution in [0.1, 0.15) is 23.6 Å². The Morgan fingerprint density at radius 3 is 2.26 bits per heavy atom. The predicted molar refractivity (Wildman–Crippen MR) is 134 cm³/mol. The molecule has 0 fully saturated rings. The smallest absolute Gasteiger partial charge is 0.262 e. The molecule has 1 heterocycles. The van der Waals surface area contributed by atoms with Gasteiger partial charge >= 0.3 is 0 Å². The molecular formula is C28H27NO5. The van der Waals surface area contributed by atoms with Gasteiger partial charge in [0.1, 0.15) is 11.3 Å². The van der Waals surface area contributed by atoms with Crippen LogP contribution in [0.2, 0.25) is 0 Å². The second-order valence-electron chi connectivity index (χ2n) is 8.18. The third-order valence-electron chi connectivity index (χ3n) is 5.58. The van der Waals surface area contributed by atoms with E-state index in [1.807, 2.05) is 58.0 Å². The topological polar surface area (TPSA) is 77.8 Å². The monoisotopic (exact) mass is 457 g/mol. The molecule has 0 bridgehead atoms. The van der Waals surface area contributed by atoms with Crippen molar-refractivity contribution >= 4 is 22.6 Å². The molecule has 0 saturated carbocycles. The summed E-state index contributed by atoms with van der Waals surface area (Å²) in [6, 6.07) is 18.3. The van der Waals surface area contributed by atoms with Crippen molar-refractivity contribution in [1.29, 1.82) is 0 Å². The van der Waals surface area contributed by atoms with E-state index in [9.17, 15) is 9.59 Å². The van der Waals surface area contributed by atoms with Crippen molar-refractivity contribution in [2.24, 2.45) is 0 Å². The van der Waals surface area contributed by atoms with E-state index in [0.29, 0.717) is 34.6 Å². The number of rotatable bonds is 7. The van der Waals surface area contributed by atoms with Gasteiger partial charge in [0.05, 0.1) is 12.0 Å². The maximum absolute atomic E-state index is 13.4. The molecule has 34 heavy (non-hydrogen) atoms. The van der Waals surface area contributed by atoms with E-state index in [1.54, 1.807) is 30.3 Å². The highest BCUT2D eigenvalue weighted by Crippen LogP contribution is 2.32. The van der Waals surface area contributed by atoms with Crippen molar-refractivity contribution in [3.8, 4) is 22.8 Å². The number of nitrogens with one attached hydrogen (secondary N) is 1. The van der Waals surface area contributed by atoms with Crippen molar-refractivity contribution in [2.75, 3.05) is 18.5 Å². The summed E-state index contributed by atoms with van der Waals surface area (Å²) < 4.78 is 17.4. The van der Waals surface area contributed by atoms with Crippen molar-refractivity contribution in [2.45, 2.75) is 27.7 Å². The molecule has 0 atom stereocenters. The van der Waals surface area contributed by atoms with Gasteiger partial charge in [0.25, 0.3) is 5.91 Å². The fourth-order valence-electron chi connectivity index (χ4n) is 3.60. The minimum Gasteiger partial charge on any atom is -0.494 e. The summed E-state index contributed by atoms with van der Waals surface area (Å²) in [4.78, 5) is 26.0. The first kappa shape index (κ1) is 23.1. The molecule has 0 radical (unpaired) electrons. The average molecular weight is 458 g/mol. The second-order valence-corrected chi connectivity index (χ2v) is 8.18. The molecule has 0 spiro atoms. The largest absolute Gasteiger partial charge is 0.494 e. The Morgan fingerprint density at radius 1 is 0.912 bits per heavy atom. The summed E-state index contributed by atoms with van der Waals surface area (Å²) in [6.07, 6.45) is 0. The van der Waals surface area contributed by atoms with Crippen LogP contribution in [-0.2, 0) is 4.79 Å². The molecule has 4 aromatic rings. The summed E-state index contributed by atoms with van der Waals surface area (Å²) in [5.41, 5.74) is 4.55. The number of amides is 1. The number of carbonyl (C=O) groups is 1. The maximum atomic E-state index is 13.4. The van der Waals surface area contributed by atoms with Crippen LogP contribution in [0.5, 0.6) is 11.5 Å². The fraction of sp³-hybridized carbons (Fsp3) is 0.214. The molecule has 0 unspecified atom stereocenters. The van der Waals surface area contributed by atoms with Crippen LogP contribution >= 0.6 is 0 Å². The van der Waals surface area contributed by atoms with Crippen molar-refractivity contribution in [1.82, 2.24) is 0 Å². The zero-order valence-electron chi connectivity index (χ0n) is 19.7. The number of benzene rings is 3. The number of fused-ring (bicyclic) bond motifs is 1. The van der Waals surface area contributed by atoms with Gasteiger partial charge in [-0.2, -0.15) is 0 Å². The Bertz CT molecular complexity index is 1390. The van der Waals surface area contributed by atoms with Gasteiger partial charge in [-0.05, 0) is 75.2 Å². The minimum absolute atomic E-state index is 0.0152. The van der Waals surface area contributed by atoms with E-state index in [4.69, 9.17) is 13.9 Å². The van der Waals surface area contributed by atoms with E-state index >= 15 is 0 Å². The van der Waals surface area contributed by atoms with Gasteiger partial charge in [0.2, 0.25) is 11.2 Å². The Kier molecular flexibility index (Phi) is 6.68. The van der Waals surface area contributed by atoms with Gasteiger partial charge in [-0.15, -0.1) is 0 Å². The standard InChI is InChI=1S/C28H27NO5/c1-5-32-22-12-10-21(11-13-22)29-25(30)16-33-28-26(31)23-14-18(3)19(4)15-24(23)34-27(28)20-8-6-17(2)7-9-20/h6-15H,5,16H2,1-4H3,(H,29,30). The third-order valence-corrected chi connectivity index (χ3v) is 5.58. The summed E-state index contributed by atoms with van der Waals surface area (Å²) in [7, 11) is 0. The van der Waals surface area contributed by atoms with Crippen LogP contribution in [0.4, 0.5) is 5.69 Å². The van der Waals surface area contributed by atoms with Crippen LogP contribution < -0.4 is 20.2 Å². The minimum atomic E-state index is -0.390. The maximum Gasteiger partial charge on any atom is 0.262 e. The molecule has 1 aromatic heterocycles. The lowest BCUT2D eigenvalue weighted by atomic mass is 10.0. The molecule has 6 nitrogen and oxygen atoms in total. The van der Waals surface area contributed by atoms with Crippen LogP contribution in [0.25, 0.3) is 22.3 Å². The number of anilines is 1. The first-order chi connectivity index (χ1) is 16.4.